The number of carbonyl (C=O) groups is 1. The Labute approximate surface area is 139 Å². The van der Waals surface area contributed by atoms with E-state index in [9.17, 15) is 18.7 Å². The molecule has 0 fully saturated rings. The lowest BCUT2D eigenvalue weighted by Gasteiger charge is -2.12. The third kappa shape index (κ3) is 6.06. The number of carbonyl (C=O) groups excluding carboxylic acids is 1. The molecule has 1 unspecified atom stereocenters. The number of hydrogen-bond donors (Lipinski definition) is 3. The normalized spacial score (nSPS) is 12.0. The van der Waals surface area contributed by atoms with Gasteiger partial charge >= 0.3 is 0 Å². The van der Waals surface area contributed by atoms with Crippen LogP contribution < -0.4 is 10.6 Å². The summed E-state index contributed by atoms with van der Waals surface area (Å²) in [6.45, 7) is 0.672. The number of halogens is 2. The van der Waals surface area contributed by atoms with Gasteiger partial charge in [0.1, 0.15) is 11.6 Å². The third-order valence-electron chi connectivity index (χ3n) is 3.43. The minimum absolute atomic E-state index is 0.0913. The Morgan fingerprint density at radius 2 is 1.88 bits per heavy atom. The van der Waals surface area contributed by atoms with Gasteiger partial charge in [0.15, 0.2) is 0 Å². The standard InChI is InChI=1S/C18H20F2N2O2/c19-14-6-7-16(20)17(11-14)22-18(24)8-9-21-12-15(23)10-13-4-2-1-3-5-13/h1-7,11,15,21,23H,8-10,12H2,(H,22,24). The van der Waals surface area contributed by atoms with Gasteiger partial charge in [-0.25, -0.2) is 8.78 Å². The van der Waals surface area contributed by atoms with Crippen molar-refractivity contribution in [2.24, 2.45) is 0 Å². The van der Waals surface area contributed by atoms with Crippen molar-refractivity contribution in [1.82, 2.24) is 5.32 Å². The zero-order valence-corrected chi connectivity index (χ0v) is 13.1. The molecule has 0 radical (unpaired) electrons. The van der Waals surface area contributed by atoms with Gasteiger partial charge in [-0.05, 0) is 24.1 Å². The van der Waals surface area contributed by atoms with Crippen LogP contribution >= 0.6 is 0 Å². The maximum absolute atomic E-state index is 13.4. The minimum atomic E-state index is -0.684. The maximum atomic E-state index is 13.4. The number of nitrogens with one attached hydrogen (secondary N) is 2. The molecule has 2 rings (SSSR count). The SMILES string of the molecule is O=C(CCNCC(O)Cc1ccccc1)Nc1cc(F)ccc1F. The Bertz CT molecular complexity index is 665. The molecule has 0 aliphatic rings. The number of aliphatic hydroxyl groups excluding tert-OH is 1. The molecular formula is C18H20F2N2O2. The van der Waals surface area contributed by atoms with Crippen molar-refractivity contribution in [3.05, 3.63) is 65.7 Å². The van der Waals surface area contributed by atoms with Crippen LogP contribution in [0.3, 0.4) is 0 Å². The van der Waals surface area contributed by atoms with Crippen molar-refractivity contribution in [3.63, 3.8) is 0 Å². The van der Waals surface area contributed by atoms with Gasteiger partial charge in [-0.1, -0.05) is 30.3 Å². The zero-order valence-electron chi connectivity index (χ0n) is 13.1. The highest BCUT2D eigenvalue weighted by Gasteiger charge is 2.09. The summed E-state index contributed by atoms with van der Waals surface area (Å²) in [5.41, 5.74) is 0.857. The molecule has 2 aromatic rings. The minimum Gasteiger partial charge on any atom is -0.391 e. The molecule has 0 aliphatic heterocycles. The van der Waals surface area contributed by atoms with Crippen LogP contribution in [0.15, 0.2) is 48.5 Å². The number of aliphatic hydroxyl groups is 1. The van der Waals surface area contributed by atoms with Crippen molar-refractivity contribution in [2.45, 2.75) is 18.9 Å². The Morgan fingerprint density at radius 1 is 1.12 bits per heavy atom. The predicted octanol–water partition coefficient (Wildman–Crippen LogP) is 2.49. The Hall–Kier alpha value is -2.31. The molecule has 128 valence electrons. The van der Waals surface area contributed by atoms with Gasteiger partial charge in [0.25, 0.3) is 0 Å². The van der Waals surface area contributed by atoms with Gasteiger partial charge in [-0.2, -0.15) is 0 Å². The molecule has 24 heavy (non-hydrogen) atoms. The van der Waals surface area contributed by atoms with Crippen molar-refractivity contribution >= 4 is 11.6 Å². The van der Waals surface area contributed by atoms with E-state index in [0.29, 0.717) is 19.5 Å². The van der Waals surface area contributed by atoms with E-state index in [0.717, 1.165) is 23.8 Å². The molecule has 0 aromatic heterocycles. The fourth-order valence-electron chi connectivity index (χ4n) is 2.23. The average Bonchev–Trinajstić information content (AvgIpc) is 2.56. The second kappa shape index (κ2) is 9.10. The molecule has 0 heterocycles. The smallest absolute Gasteiger partial charge is 0.225 e. The number of benzene rings is 2. The van der Waals surface area contributed by atoms with Gasteiger partial charge in [-0.3, -0.25) is 4.79 Å². The molecule has 1 atom stereocenters. The lowest BCUT2D eigenvalue weighted by atomic mass is 10.1. The quantitative estimate of drug-likeness (QED) is 0.650. The average molecular weight is 334 g/mol. The van der Waals surface area contributed by atoms with Gasteiger partial charge in [0.05, 0.1) is 11.8 Å². The first-order chi connectivity index (χ1) is 11.5. The largest absolute Gasteiger partial charge is 0.391 e. The summed E-state index contributed by atoms with van der Waals surface area (Å²) in [6.07, 6.45) is 0.0545. The summed E-state index contributed by atoms with van der Waals surface area (Å²) in [7, 11) is 0. The number of anilines is 1. The van der Waals surface area contributed by atoms with E-state index in [1.807, 2.05) is 30.3 Å². The van der Waals surface area contributed by atoms with Crippen LogP contribution in [0.2, 0.25) is 0 Å². The molecule has 3 N–H and O–H groups in total. The summed E-state index contributed by atoms with van der Waals surface area (Å²) in [6, 6.07) is 12.5. The van der Waals surface area contributed by atoms with Crippen molar-refractivity contribution < 1.29 is 18.7 Å². The molecule has 6 heteroatoms. The van der Waals surface area contributed by atoms with E-state index >= 15 is 0 Å². The summed E-state index contributed by atoms with van der Waals surface area (Å²) < 4.78 is 26.4. The molecular weight excluding hydrogens is 314 g/mol. The summed E-state index contributed by atoms with van der Waals surface area (Å²) in [5.74, 6) is -1.73. The Balaban J connectivity index is 1.66. The molecule has 1 amide bonds. The molecule has 2 aromatic carbocycles. The van der Waals surface area contributed by atoms with Crippen LogP contribution in [0.1, 0.15) is 12.0 Å². The van der Waals surface area contributed by atoms with Crippen molar-refractivity contribution in [1.29, 1.82) is 0 Å². The first-order valence-corrected chi connectivity index (χ1v) is 7.72. The highest BCUT2D eigenvalue weighted by molar-refractivity contribution is 5.90. The Kier molecular flexibility index (Phi) is 6.84. The molecule has 0 bridgehead atoms. The summed E-state index contributed by atoms with van der Waals surface area (Å²) >= 11 is 0. The second-order valence-electron chi connectivity index (χ2n) is 5.47. The fraction of sp³-hybridized carbons (Fsp3) is 0.278. The first-order valence-electron chi connectivity index (χ1n) is 7.72. The molecule has 0 saturated carbocycles. The van der Waals surface area contributed by atoms with Crippen LogP contribution in [-0.2, 0) is 11.2 Å². The van der Waals surface area contributed by atoms with Crippen LogP contribution in [0, 0.1) is 11.6 Å². The molecule has 0 aliphatic carbocycles. The van der Waals surface area contributed by atoms with Crippen molar-refractivity contribution in [3.8, 4) is 0 Å². The highest BCUT2D eigenvalue weighted by Crippen LogP contribution is 2.15. The van der Waals surface area contributed by atoms with Crippen molar-refractivity contribution in [2.75, 3.05) is 18.4 Å². The first kappa shape index (κ1) is 18.0. The fourth-order valence-corrected chi connectivity index (χ4v) is 2.23. The molecule has 0 saturated heterocycles. The van der Waals surface area contributed by atoms with Crippen LogP contribution in [0.5, 0.6) is 0 Å². The lowest BCUT2D eigenvalue weighted by molar-refractivity contribution is -0.116. The Morgan fingerprint density at radius 3 is 2.62 bits per heavy atom. The van der Waals surface area contributed by atoms with E-state index in [1.54, 1.807) is 0 Å². The van der Waals surface area contributed by atoms with Gasteiger partial charge in [0.2, 0.25) is 5.91 Å². The van der Waals surface area contributed by atoms with Gasteiger partial charge < -0.3 is 15.7 Å². The van der Waals surface area contributed by atoms with Crippen LogP contribution in [0.4, 0.5) is 14.5 Å². The van der Waals surface area contributed by atoms with Gasteiger partial charge in [0, 0.05) is 25.6 Å². The molecule has 0 spiro atoms. The van der Waals surface area contributed by atoms with Crippen LogP contribution in [0.25, 0.3) is 0 Å². The van der Waals surface area contributed by atoms with E-state index < -0.39 is 23.6 Å². The highest BCUT2D eigenvalue weighted by atomic mass is 19.1. The van der Waals surface area contributed by atoms with E-state index in [2.05, 4.69) is 10.6 Å². The number of rotatable bonds is 8. The second-order valence-corrected chi connectivity index (χ2v) is 5.47. The summed E-state index contributed by atoms with van der Waals surface area (Å²) in [4.78, 5) is 11.7. The van der Waals surface area contributed by atoms with E-state index in [4.69, 9.17) is 0 Å². The summed E-state index contributed by atoms with van der Waals surface area (Å²) in [5, 5.41) is 15.2. The zero-order chi connectivity index (χ0) is 17.4. The third-order valence-corrected chi connectivity index (χ3v) is 3.43. The number of amides is 1. The van der Waals surface area contributed by atoms with Gasteiger partial charge in [-0.15, -0.1) is 0 Å². The predicted molar refractivity (Wildman–Crippen MR) is 88.6 cm³/mol. The van der Waals surface area contributed by atoms with E-state index in [-0.39, 0.29) is 12.1 Å². The van der Waals surface area contributed by atoms with Crippen LogP contribution in [-0.4, -0.2) is 30.2 Å². The maximum Gasteiger partial charge on any atom is 0.225 e. The monoisotopic (exact) mass is 334 g/mol. The topological polar surface area (TPSA) is 61.4 Å². The lowest BCUT2D eigenvalue weighted by Crippen LogP contribution is -2.30. The number of hydrogen-bond acceptors (Lipinski definition) is 3. The van der Waals surface area contributed by atoms with E-state index in [1.165, 1.54) is 0 Å². The molecule has 4 nitrogen and oxygen atoms in total.